The Labute approximate surface area is 164 Å². The largest absolute Gasteiger partial charge is 0.491 e. The molecule has 1 aliphatic rings. The number of aliphatic hydroxyl groups excluding tert-OH is 1. The zero-order valence-corrected chi connectivity index (χ0v) is 16.0. The second-order valence-corrected chi connectivity index (χ2v) is 6.92. The van der Waals surface area contributed by atoms with Crippen molar-refractivity contribution in [2.75, 3.05) is 26.3 Å². The van der Waals surface area contributed by atoms with Crippen molar-refractivity contribution < 1.29 is 23.8 Å². The van der Waals surface area contributed by atoms with Gasteiger partial charge in [0.15, 0.2) is 0 Å². The zero-order chi connectivity index (χ0) is 19.9. The number of hydrogen-bond donors (Lipinski definition) is 1. The summed E-state index contributed by atoms with van der Waals surface area (Å²) in [5.74, 6) is -0.124. The summed E-state index contributed by atoms with van der Waals surface area (Å²) in [6, 6.07) is 13.5. The second-order valence-electron chi connectivity index (χ2n) is 6.92. The maximum atomic E-state index is 13.2. The third-order valence-corrected chi connectivity index (χ3v) is 4.85. The number of halogens is 1. The van der Waals surface area contributed by atoms with E-state index in [0.717, 1.165) is 24.9 Å². The number of likely N-dealkylation sites (tertiary alicyclic amines) is 1. The van der Waals surface area contributed by atoms with E-state index in [2.05, 4.69) is 4.90 Å². The molecule has 1 saturated heterocycles. The average molecular weight is 387 g/mol. The summed E-state index contributed by atoms with van der Waals surface area (Å²) >= 11 is 0. The standard InChI is InChI=1S/C22H26FNO4/c1-2-27-22(26)17-5-3-6-20(13-17)28-15-19(25)14-24-12-4-7-21(24)16-8-10-18(23)11-9-16/h3,5-6,8-11,13,19,21,25H,2,4,7,12,14-15H2,1H3/t19-,21-/m1/s1. The van der Waals surface area contributed by atoms with Gasteiger partial charge in [-0.25, -0.2) is 9.18 Å². The number of carbonyl (C=O) groups is 1. The lowest BCUT2D eigenvalue weighted by atomic mass is 10.0. The summed E-state index contributed by atoms with van der Waals surface area (Å²) in [5.41, 5.74) is 1.49. The first kappa shape index (κ1) is 20.3. The number of nitrogens with zero attached hydrogens (tertiary/aromatic N) is 1. The number of hydrogen-bond acceptors (Lipinski definition) is 5. The van der Waals surface area contributed by atoms with Gasteiger partial charge in [-0.05, 0) is 62.2 Å². The molecular weight excluding hydrogens is 361 g/mol. The van der Waals surface area contributed by atoms with Gasteiger partial charge in [-0.15, -0.1) is 0 Å². The fraction of sp³-hybridized carbons (Fsp3) is 0.409. The van der Waals surface area contributed by atoms with Gasteiger partial charge >= 0.3 is 5.97 Å². The Kier molecular flexibility index (Phi) is 7.01. The molecule has 1 heterocycles. The predicted octanol–water partition coefficient (Wildman–Crippen LogP) is 3.58. The molecule has 150 valence electrons. The number of benzene rings is 2. The number of esters is 1. The van der Waals surface area contributed by atoms with Gasteiger partial charge in [0.1, 0.15) is 24.3 Å². The van der Waals surface area contributed by atoms with Crippen LogP contribution in [0.25, 0.3) is 0 Å². The summed E-state index contributed by atoms with van der Waals surface area (Å²) in [6.07, 6.45) is 1.35. The van der Waals surface area contributed by atoms with Crippen LogP contribution in [-0.2, 0) is 4.74 Å². The quantitative estimate of drug-likeness (QED) is 0.702. The second kappa shape index (κ2) is 9.66. The Bertz CT molecular complexity index is 780. The van der Waals surface area contributed by atoms with Crippen LogP contribution in [-0.4, -0.2) is 48.4 Å². The van der Waals surface area contributed by atoms with Gasteiger partial charge in [0, 0.05) is 12.6 Å². The van der Waals surface area contributed by atoms with Crippen molar-refractivity contribution >= 4 is 5.97 Å². The van der Waals surface area contributed by atoms with Crippen molar-refractivity contribution in [2.24, 2.45) is 0 Å². The third-order valence-electron chi connectivity index (χ3n) is 4.85. The van der Waals surface area contributed by atoms with Crippen molar-refractivity contribution in [3.8, 4) is 5.75 Å². The van der Waals surface area contributed by atoms with E-state index in [-0.39, 0.29) is 18.5 Å². The number of β-amino-alcohol motifs (C(OH)–C–C–N with tert-alkyl or cyclic N) is 1. The molecule has 1 fully saturated rings. The van der Waals surface area contributed by atoms with Gasteiger partial charge in [-0.1, -0.05) is 18.2 Å². The van der Waals surface area contributed by atoms with E-state index in [1.807, 2.05) is 12.1 Å². The minimum absolute atomic E-state index is 0.124. The highest BCUT2D eigenvalue weighted by Gasteiger charge is 2.27. The molecule has 0 bridgehead atoms. The molecule has 6 heteroatoms. The molecule has 2 aromatic carbocycles. The monoisotopic (exact) mass is 387 g/mol. The number of ether oxygens (including phenoxy) is 2. The molecule has 0 amide bonds. The van der Waals surface area contributed by atoms with Gasteiger partial charge < -0.3 is 14.6 Å². The van der Waals surface area contributed by atoms with Gasteiger partial charge in [-0.2, -0.15) is 0 Å². The first-order valence-corrected chi connectivity index (χ1v) is 9.64. The molecule has 5 nitrogen and oxygen atoms in total. The highest BCUT2D eigenvalue weighted by atomic mass is 19.1. The van der Waals surface area contributed by atoms with E-state index in [4.69, 9.17) is 9.47 Å². The molecule has 0 aliphatic carbocycles. The van der Waals surface area contributed by atoms with Crippen LogP contribution >= 0.6 is 0 Å². The number of carbonyl (C=O) groups excluding carboxylic acids is 1. The lowest BCUT2D eigenvalue weighted by Gasteiger charge is -2.27. The van der Waals surface area contributed by atoms with Gasteiger partial charge in [-0.3, -0.25) is 4.90 Å². The van der Waals surface area contributed by atoms with E-state index in [0.29, 0.717) is 24.5 Å². The number of aliphatic hydroxyl groups is 1. The van der Waals surface area contributed by atoms with Crippen LogP contribution in [0.1, 0.15) is 41.7 Å². The van der Waals surface area contributed by atoms with Crippen LogP contribution in [0.5, 0.6) is 5.75 Å². The minimum atomic E-state index is -0.674. The highest BCUT2D eigenvalue weighted by molar-refractivity contribution is 5.89. The molecule has 0 spiro atoms. The van der Waals surface area contributed by atoms with Crippen LogP contribution in [0.2, 0.25) is 0 Å². The molecule has 2 aromatic rings. The SMILES string of the molecule is CCOC(=O)c1cccc(OC[C@H](O)CN2CCC[C@@H]2c2ccc(F)cc2)c1. The van der Waals surface area contributed by atoms with Crippen LogP contribution in [0.4, 0.5) is 4.39 Å². The zero-order valence-electron chi connectivity index (χ0n) is 16.0. The molecule has 0 radical (unpaired) electrons. The smallest absolute Gasteiger partial charge is 0.338 e. The highest BCUT2D eigenvalue weighted by Crippen LogP contribution is 2.32. The van der Waals surface area contributed by atoms with E-state index in [1.54, 1.807) is 31.2 Å². The summed E-state index contributed by atoms with van der Waals surface area (Å²) < 4.78 is 23.8. The predicted molar refractivity (Wildman–Crippen MR) is 104 cm³/mol. The Balaban J connectivity index is 1.54. The topological polar surface area (TPSA) is 59.0 Å². The molecule has 1 aliphatic heterocycles. The van der Waals surface area contributed by atoms with E-state index in [1.165, 1.54) is 12.1 Å². The Morgan fingerprint density at radius 3 is 2.82 bits per heavy atom. The maximum absolute atomic E-state index is 13.2. The normalized spacial score (nSPS) is 18.0. The lowest BCUT2D eigenvalue weighted by Crippen LogP contribution is -2.35. The van der Waals surface area contributed by atoms with Crippen LogP contribution < -0.4 is 4.74 Å². The van der Waals surface area contributed by atoms with E-state index in [9.17, 15) is 14.3 Å². The number of rotatable bonds is 8. The Morgan fingerprint density at radius 1 is 1.29 bits per heavy atom. The van der Waals surface area contributed by atoms with Crippen LogP contribution in [0, 0.1) is 5.82 Å². The van der Waals surface area contributed by atoms with Crippen molar-refractivity contribution in [3.05, 3.63) is 65.5 Å². The molecule has 0 unspecified atom stereocenters. The lowest BCUT2D eigenvalue weighted by molar-refractivity contribution is 0.0524. The Hall–Kier alpha value is -2.44. The summed E-state index contributed by atoms with van der Waals surface area (Å²) in [4.78, 5) is 14.0. The first-order valence-electron chi connectivity index (χ1n) is 9.64. The van der Waals surface area contributed by atoms with Crippen molar-refractivity contribution in [2.45, 2.75) is 31.9 Å². The van der Waals surface area contributed by atoms with E-state index < -0.39 is 12.1 Å². The maximum Gasteiger partial charge on any atom is 0.338 e. The van der Waals surface area contributed by atoms with Crippen LogP contribution in [0.3, 0.4) is 0 Å². The molecule has 3 rings (SSSR count). The van der Waals surface area contributed by atoms with Crippen molar-refractivity contribution in [1.82, 2.24) is 4.90 Å². The fourth-order valence-corrected chi connectivity index (χ4v) is 3.55. The van der Waals surface area contributed by atoms with E-state index >= 15 is 0 Å². The molecule has 28 heavy (non-hydrogen) atoms. The fourth-order valence-electron chi connectivity index (χ4n) is 3.55. The summed E-state index contributed by atoms with van der Waals surface area (Å²) in [7, 11) is 0. The molecule has 2 atom stereocenters. The van der Waals surface area contributed by atoms with Crippen molar-refractivity contribution in [1.29, 1.82) is 0 Å². The summed E-state index contributed by atoms with van der Waals surface area (Å²) in [6.45, 7) is 3.55. The van der Waals surface area contributed by atoms with Crippen LogP contribution in [0.15, 0.2) is 48.5 Å². The average Bonchev–Trinajstić information content (AvgIpc) is 3.15. The molecule has 0 saturated carbocycles. The van der Waals surface area contributed by atoms with Gasteiger partial charge in [0.05, 0.1) is 12.2 Å². The Morgan fingerprint density at radius 2 is 2.07 bits per heavy atom. The van der Waals surface area contributed by atoms with Gasteiger partial charge in [0.25, 0.3) is 0 Å². The molecule has 0 aromatic heterocycles. The molecular formula is C22H26FNO4. The van der Waals surface area contributed by atoms with Gasteiger partial charge in [0.2, 0.25) is 0 Å². The minimum Gasteiger partial charge on any atom is -0.491 e. The molecule has 1 N–H and O–H groups in total. The third kappa shape index (κ3) is 5.30. The summed E-state index contributed by atoms with van der Waals surface area (Å²) in [5, 5.41) is 10.4. The van der Waals surface area contributed by atoms with Crippen molar-refractivity contribution in [3.63, 3.8) is 0 Å². The first-order chi connectivity index (χ1) is 13.6.